The summed E-state index contributed by atoms with van der Waals surface area (Å²) >= 11 is 0. The Labute approximate surface area is 71.5 Å². The fourth-order valence-electron chi connectivity index (χ4n) is 0.427. The average molecular weight is 321 g/mol. The number of anilines is 3. The van der Waals surface area contributed by atoms with Gasteiger partial charge in [0.05, 0.1) is 0 Å². The van der Waals surface area contributed by atoms with Crippen LogP contribution in [-0.2, 0) is 21.1 Å². The molecule has 6 N–H and O–H groups in total. The minimum atomic E-state index is 0. The molecule has 0 saturated carbocycles. The second kappa shape index (κ2) is 3.31. The Hall–Kier alpha value is -0.902. The standard InChI is InChI=1S/C3H6N6.Pt/c4-1-7-2(5)9-3(6)8-1;/h(H6,4,5,6,7,8,9);. The van der Waals surface area contributed by atoms with Crippen molar-refractivity contribution in [2.75, 3.05) is 17.2 Å². The summed E-state index contributed by atoms with van der Waals surface area (Å²) in [5.74, 6) is 0.125. The molecule has 0 aliphatic rings. The molecule has 0 spiro atoms. The van der Waals surface area contributed by atoms with Gasteiger partial charge in [-0.3, -0.25) is 0 Å². The van der Waals surface area contributed by atoms with E-state index in [1.807, 2.05) is 0 Å². The van der Waals surface area contributed by atoms with Crippen molar-refractivity contribution in [2.45, 2.75) is 0 Å². The molecule has 0 radical (unpaired) electrons. The van der Waals surface area contributed by atoms with Crippen molar-refractivity contribution in [1.82, 2.24) is 15.0 Å². The SMILES string of the molecule is Nc1nc(N)nc(N)n1.[Pt]. The van der Waals surface area contributed by atoms with Crippen LogP contribution in [0.3, 0.4) is 0 Å². The number of nitrogens with two attached hydrogens (primary N) is 3. The molecular weight excluding hydrogens is 315 g/mol. The average Bonchev–Trinajstić information content (AvgIpc) is 1.59. The van der Waals surface area contributed by atoms with Crippen LogP contribution < -0.4 is 17.2 Å². The molecule has 1 heterocycles. The van der Waals surface area contributed by atoms with E-state index in [0.29, 0.717) is 0 Å². The van der Waals surface area contributed by atoms with Crippen molar-refractivity contribution >= 4 is 17.8 Å². The smallest absolute Gasteiger partial charge is 0.226 e. The Morgan fingerprint density at radius 2 is 0.900 bits per heavy atom. The summed E-state index contributed by atoms with van der Waals surface area (Å²) < 4.78 is 0. The van der Waals surface area contributed by atoms with Gasteiger partial charge in [-0.05, 0) is 0 Å². The number of rotatable bonds is 0. The molecule has 1 aromatic heterocycles. The third-order valence-corrected chi connectivity index (χ3v) is 0.687. The van der Waals surface area contributed by atoms with Crippen LogP contribution >= 0.6 is 0 Å². The molecule has 0 bridgehead atoms. The molecule has 0 saturated heterocycles. The van der Waals surface area contributed by atoms with Crippen LogP contribution in [0.5, 0.6) is 0 Å². The fourth-order valence-corrected chi connectivity index (χ4v) is 0.427. The summed E-state index contributed by atoms with van der Waals surface area (Å²) in [5, 5.41) is 0. The first-order valence-corrected chi connectivity index (χ1v) is 2.21. The molecule has 0 fully saturated rings. The van der Waals surface area contributed by atoms with Crippen molar-refractivity contribution < 1.29 is 21.1 Å². The van der Waals surface area contributed by atoms with Crippen LogP contribution in [0.1, 0.15) is 0 Å². The van der Waals surface area contributed by atoms with E-state index in [0.717, 1.165) is 0 Å². The molecular formula is C3H6N6Pt. The first-order valence-electron chi connectivity index (χ1n) is 2.21. The third-order valence-electron chi connectivity index (χ3n) is 0.687. The van der Waals surface area contributed by atoms with E-state index in [1.54, 1.807) is 0 Å². The molecule has 1 aromatic rings. The maximum absolute atomic E-state index is 5.14. The largest absolute Gasteiger partial charge is 0.368 e. The second-order valence-electron chi connectivity index (χ2n) is 1.41. The third kappa shape index (κ3) is 2.14. The van der Waals surface area contributed by atoms with Crippen molar-refractivity contribution in [3.8, 4) is 0 Å². The van der Waals surface area contributed by atoms with Crippen LogP contribution in [0.2, 0.25) is 0 Å². The zero-order valence-corrected chi connectivity index (χ0v) is 7.16. The maximum atomic E-state index is 5.14. The van der Waals surface area contributed by atoms with Crippen molar-refractivity contribution in [3.63, 3.8) is 0 Å². The van der Waals surface area contributed by atoms with E-state index in [2.05, 4.69) is 15.0 Å². The zero-order chi connectivity index (χ0) is 6.85. The Kier molecular flexibility index (Phi) is 3.01. The maximum Gasteiger partial charge on any atom is 0.226 e. The molecule has 0 aliphatic heterocycles. The topological polar surface area (TPSA) is 117 Å². The second-order valence-corrected chi connectivity index (χ2v) is 1.41. The van der Waals surface area contributed by atoms with Gasteiger partial charge in [0.15, 0.2) is 0 Å². The van der Waals surface area contributed by atoms with E-state index in [1.165, 1.54) is 0 Å². The number of hydrogen-bond donors (Lipinski definition) is 3. The predicted molar refractivity (Wildman–Crippen MR) is 33.1 cm³/mol. The van der Waals surface area contributed by atoms with E-state index in [4.69, 9.17) is 17.2 Å². The molecule has 0 aliphatic carbocycles. The normalized spacial score (nSPS) is 8.40. The van der Waals surface area contributed by atoms with E-state index < -0.39 is 0 Å². The van der Waals surface area contributed by atoms with Crippen LogP contribution in [0.4, 0.5) is 17.8 Å². The van der Waals surface area contributed by atoms with Gasteiger partial charge in [-0.25, -0.2) is 0 Å². The van der Waals surface area contributed by atoms with Gasteiger partial charge in [-0.2, -0.15) is 15.0 Å². The Morgan fingerprint density at radius 1 is 0.700 bits per heavy atom. The van der Waals surface area contributed by atoms with Crippen LogP contribution in [0, 0.1) is 0 Å². The first kappa shape index (κ1) is 9.10. The molecule has 58 valence electrons. The fraction of sp³-hybridized carbons (Fsp3) is 0. The summed E-state index contributed by atoms with van der Waals surface area (Å²) in [6.45, 7) is 0. The summed E-state index contributed by atoms with van der Waals surface area (Å²) in [6, 6.07) is 0. The minimum Gasteiger partial charge on any atom is -0.368 e. The Bertz CT molecular complexity index is 174. The molecule has 0 atom stereocenters. The van der Waals surface area contributed by atoms with Gasteiger partial charge < -0.3 is 17.2 Å². The van der Waals surface area contributed by atoms with Crippen LogP contribution in [0.25, 0.3) is 0 Å². The minimum absolute atomic E-state index is 0. The van der Waals surface area contributed by atoms with Gasteiger partial charge in [0, 0.05) is 21.1 Å². The summed E-state index contributed by atoms with van der Waals surface area (Å²) in [7, 11) is 0. The predicted octanol–water partition coefficient (Wildman–Crippen LogP) is -1.38. The van der Waals surface area contributed by atoms with Crippen molar-refractivity contribution in [3.05, 3.63) is 0 Å². The van der Waals surface area contributed by atoms with Gasteiger partial charge >= 0.3 is 0 Å². The number of nitrogen functional groups attached to an aromatic ring is 3. The van der Waals surface area contributed by atoms with Crippen LogP contribution in [0.15, 0.2) is 0 Å². The molecule has 0 unspecified atom stereocenters. The number of aromatic nitrogens is 3. The van der Waals surface area contributed by atoms with Crippen molar-refractivity contribution in [1.29, 1.82) is 0 Å². The summed E-state index contributed by atoms with van der Waals surface area (Å²) in [4.78, 5) is 10.5. The Morgan fingerprint density at radius 3 is 1.10 bits per heavy atom. The Balaban J connectivity index is 0.000000810. The molecule has 0 amide bonds. The van der Waals surface area contributed by atoms with Gasteiger partial charge in [-0.1, -0.05) is 0 Å². The molecule has 10 heavy (non-hydrogen) atoms. The van der Waals surface area contributed by atoms with E-state index in [9.17, 15) is 0 Å². The van der Waals surface area contributed by atoms with E-state index >= 15 is 0 Å². The molecule has 1 rings (SSSR count). The van der Waals surface area contributed by atoms with Gasteiger partial charge in [-0.15, -0.1) is 0 Å². The van der Waals surface area contributed by atoms with E-state index in [-0.39, 0.29) is 38.9 Å². The first-order chi connectivity index (χ1) is 4.18. The summed E-state index contributed by atoms with van der Waals surface area (Å²) in [6.07, 6.45) is 0. The van der Waals surface area contributed by atoms with Gasteiger partial charge in [0.1, 0.15) is 0 Å². The quantitative estimate of drug-likeness (QED) is 0.542. The van der Waals surface area contributed by atoms with Gasteiger partial charge in [0.2, 0.25) is 17.8 Å². The van der Waals surface area contributed by atoms with Crippen molar-refractivity contribution in [2.24, 2.45) is 0 Å². The van der Waals surface area contributed by atoms with Crippen LogP contribution in [-0.4, -0.2) is 15.0 Å². The zero-order valence-electron chi connectivity index (χ0n) is 4.89. The monoisotopic (exact) mass is 321 g/mol. The van der Waals surface area contributed by atoms with Gasteiger partial charge in [0.25, 0.3) is 0 Å². The summed E-state index contributed by atoms with van der Waals surface area (Å²) in [5.41, 5.74) is 15.4. The molecule has 0 aromatic carbocycles. The number of hydrogen-bond acceptors (Lipinski definition) is 6. The molecule has 7 heteroatoms. The molecule has 6 nitrogen and oxygen atoms in total. The number of nitrogens with zero attached hydrogens (tertiary/aromatic N) is 3.